The van der Waals surface area contributed by atoms with Crippen LogP contribution in [-0.4, -0.2) is 28.5 Å². The van der Waals surface area contributed by atoms with Crippen molar-refractivity contribution < 1.29 is 0 Å². The molecule has 1 aliphatic heterocycles. The van der Waals surface area contributed by atoms with Gasteiger partial charge in [0, 0.05) is 11.4 Å². The Hall–Kier alpha value is -0.610. The third kappa shape index (κ3) is 2.38. The first-order valence-corrected chi connectivity index (χ1v) is 6.99. The number of thioether (sulfide) groups is 1. The molecule has 1 atom stereocenters. The van der Waals surface area contributed by atoms with Crippen LogP contribution in [0.1, 0.15) is 35.7 Å². The van der Waals surface area contributed by atoms with Crippen molar-refractivity contribution in [1.82, 2.24) is 15.3 Å². The maximum atomic E-state index is 4.72. The Morgan fingerprint density at radius 3 is 2.75 bits per heavy atom. The lowest BCUT2D eigenvalue weighted by Crippen LogP contribution is -2.18. The Balaban J connectivity index is 2.39. The highest BCUT2D eigenvalue weighted by molar-refractivity contribution is 7.99. The van der Waals surface area contributed by atoms with Gasteiger partial charge in [-0.3, -0.25) is 0 Å². The molecule has 2 heterocycles. The Morgan fingerprint density at radius 1 is 1.25 bits per heavy atom. The molecule has 0 amide bonds. The van der Waals surface area contributed by atoms with Gasteiger partial charge in [-0.2, -0.15) is 11.8 Å². The summed E-state index contributed by atoms with van der Waals surface area (Å²) in [6, 6.07) is 0.236. The molecule has 0 saturated carbocycles. The van der Waals surface area contributed by atoms with Gasteiger partial charge in [-0.05, 0) is 50.8 Å². The van der Waals surface area contributed by atoms with Crippen molar-refractivity contribution in [2.24, 2.45) is 0 Å². The molecule has 0 aromatic carbocycles. The van der Waals surface area contributed by atoms with E-state index in [2.05, 4.69) is 24.1 Å². The molecule has 0 saturated heterocycles. The zero-order chi connectivity index (χ0) is 11.5. The normalized spacial score (nSPS) is 17.7. The highest BCUT2D eigenvalue weighted by Gasteiger charge is 2.16. The van der Waals surface area contributed by atoms with E-state index in [4.69, 9.17) is 4.98 Å². The molecular formula is C12H19N3S. The third-order valence-electron chi connectivity index (χ3n) is 3.12. The van der Waals surface area contributed by atoms with E-state index in [-0.39, 0.29) is 6.04 Å². The molecule has 1 aliphatic rings. The summed E-state index contributed by atoms with van der Waals surface area (Å²) in [6.45, 7) is 4.22. The zero-order valence-electron chi connectivity index (χ0n) is 10.2. The van der Waals surface area contributed by atoms with E-state index in [1.165, 1.54) is 28.5 Å². The standard InChI is InChI=1S/C12H19N3S/c1-8-10-4-6-16-7-5-11(10)15-12(14-8)9(2)13-3/h9,13H,4-7H2,1-3H3. The number of rotatable bonds is 2. The fraction of sp³-hybridized carbons (Fsp3) is 0.667. The van der Waals surface area contributed by atoms with Crippen LogP contribution in [0.25, 0.3) is 0 Å². The van der Waals surface area contributed by atoms with Crippen molar-refractivity contribution in [2.75, 3.05) is 18.6 Å². The summed E-state index contributed by atoms with van der Waals surface area (Å²) in [4.78, 5) is 9.33. The number of nitrogens with zero attached hydrogens (tertiary/aromatic N) is 2. The highest BCUT2D eigenvalue weighted by atomic mass is 32.2. The molecule has 2 rings (SSSR count). The number of aryl methyl sites for hydroxylation is 2. The quantitative estimate of drug-likeness (QED) is 0.852. The summed E-state index contributed by atoms with van der Waals surface area (Å²) >= 11 is 2.02. The molecule has 88 valence electrons. The molecule has 0 bridgehead atoms. The number of hydrogen-bond acceptors (Lipinski definition) is 4. The Morgan fingerprint density at radius 2 is 2.00 bits per heavy atom. The first-order chi connectivity index (χ1) is 7.72. The summed E-state index contributed by atoms with van der Waals surface area (Å²) in [5.74, 6) is 3.33. The van der Waals surface area contributed by atoms with E-state index < -0.39 is 0 Å². The molecule has 1 N–H and O–H groups in total. The molecule has 1 aromatic heterocycles. The Labute approximate surface area is 101 Å². The average molecular weight is 237 g/mol. The topological polar surface area (TPSA) is 37.8 Å². The lowest BCUT2D eigenvalue weighted by molar-refractivity contribution is 0.601. The summed E-state index contributed by atoms with van der Waals surface area (Å²) in [5, 5.41) is 3.20. The van der Waals surface area contributed by atoms with Gasteiger partial charge in [0.2, 0.25) is 0 Å². The SMILES string of the molecule is CNC(C)c1nc(C)c2c(n1)CCSCC2. The predicted molar refractivity (Wildman–Crippen MR) is 69.0 cm³/mol. The van der Waals surface area contributed by atoms with Crippen LogP contribution in [0.3, 0.4) is 0 Å². The molecule has 3 nitrogen and oxygen atoms in total. The van der Waals surface area contributed by atoms with Crippen LogP contribution < -0.4 is 5.32 Å². The Bertz CT molecular complexity index is 379. The smallest absolute Gasteiger partial charge is 0.145 e. The fourth-order valence-electron chi connectivity index (χ4n) is 1.98. The predicted octanol–water partition coefficient (Wildman–Crippen LogP) is 1.90. The number of hydrogen-bond donors (Lipinski definition) is 1. The molecule has 0 radical (unpaired) electrons. The van der Waals surface area contributed by atoms with E-state index in [1.54, 1.807) is 0 Å². The van der Waals surface area contributed by atoms with Crippen LogP contribution in [0.4, 0.5) is 0 Å². The molecule has 0 spiro atoms. The number of nitrogens with one attached hydrogen (secondary N) is 1. The van der Waals surface area contributed by atoms with Gasteiger partial charge >= 0.3 is 0 Å². The van der Waals surface area contributed by atoms with Crippen molar-refractivity contribution >= 4 is 11.8 Å². The molecule has 1 unspecified atom stereocenters. The summed E-state index contributed by atoms with van der Waals surface area (Å²) in [6.07, 6.45) is 2.22. The molecular weight excluding hydrogens is 218 g/mol. The van der Waals surface area contributed by atoms with Crippen LogP contribution in [0.5, 0.6) is 0 Å². The molecule has 1 aromatic rings. The molecule has 4 heteroatoms. The molecule has 16 heavy (non-hydrogen) atoms. The summed E-state index contributed by atoms with van der Waals surface area (Å²) in [7, 11) is 1.95. The Kier molecular flexibility index (Phi) is 3.82. The number of aromatic nitrogens is 2. The van der Waals surface area contributed by atoms with Crippen LogP contribution in [0.2, 0.25) is 0 Å². The largest absolute Gasteiger partial charge is 0.311 e. The van der Waals surface area contributed by atoms with Gasteiger partial charge in [0.1, 0.15) is 5.82 Å². The van der Waals surface area contributed by atoms with E-state index in [0.29, 0.717) is 0 Å². The van der Waals surface area contributed by atoms with E-state index in [9.17, 15) is 0 Å². The van der Waals surface area contributed by atoms with Crippen molar-refractivity contribution in [2.45, 2.75) is 32.7 Å². The second-order valence-corrected chi connectivity index (χ2v) is 5.44. The van der Waals surface area contributed by atoms with E-state index >= 15 is 0 Å². The van der Waals surface area contributed by atoms with Crippen LogP contribution in [0, 0.1) is 6.92 Å². The average Bonchev–Trinajstić information content (AvgIpc) is 2.53. The van der Waals surface area contributed by atoms with Crippen LogP contribution in [-0.2, 0) is 12.8 Å². The second-order valence-electron chi connectivity index (χ2n) is 4.22. The number of fused-ring (bicyclic) bond motifs is 1. The minimum atomic E-state index is 0.236. The van der Waals surface area contributed by atoms with Gasteiger partial charge < -0.3 is 5.32 Å². The first kappa shape index (κ1) is 11.9. The van der Waals surface area contributed by atoms with Gasteiger partial charge in [0.15, 0.2) is 0 Å². The van der Waals surface area contributed by atoms with E-state index in [0.717, 1.165) is 18.7 Å². The monoisotopic (exact) mass is 237 g/mol. The van der Waals surface area contributed by atoms with Crippen molar-refractivity contribution in [3.8, 4) is 0 Å². The van der Waals surface area contributed by atoms with Gasteiger partial charge in [-0.25, -0.2) is 9.97 Å². The van der Waals surface area contributed by atoms with Crippen molar-refractivity contribution in [3.05, 3.63) is 22.8 Å². The second kappa shape index (κ2) is 5.15. The molecule has 0 aliphatic carbocycles. The van der Waals surface area contributed by atoms with Crippen LogP contribution in [0.15, 0.2) is 0 Å². The van der Waals surface area contributed by atoms with Crippen molar-refractivity contribution in [1.29, 1.82) is 0 Å². The van der Waals surface area contributed by atoms with E-state index in [1.807, 2.05) is 18.8 Å². The van der Waals surface area contributed by atoms with Crippen LogP contribution >= 0.6 is 11.8 Å². The lowest BCUT2D eigenvalue weighted by atomic mass is 10.1. The van der Waals surface area contributed by atoms with Gasteiger partial charge in [-0.1, -0.05) is 0 Å². The fourth-order valence-corrected chi connectivity index (χ4v) is 2.87. The lowest BCUT2D eigenvalue weighted by Gasteiger charge is -2.14. The summed E-state index contributed by atoms with van der Waals surface area (Å²) in [5.41, 5.74) is 3.83. The maximum absolute atomic E-state index is 4.72. The van der Waals surface area contributed by atoms with Crippen molar-refractivity contribution in [3.63, 3.8) is 0 Å². The maximum Gasteiger partial charge on any atom is 0.145 e. The minimum absolute atomic E-state index is 0.236. The zero-order valence-corrected chi connectivity index (χ0v) is 11.0. The van der Waals surface area contributed by atoms with Gasteiger partial charge in [0.25, 0.3) is 0 Å². The first-order valence-electron chi connectivity index (χ1n) is 5.83. The molecule has 0 fully saturated rings. The minimum Gasteiger partial charge on any atom is -0.311 e. The third-order valence-corrected chi connectivity index (χ3v) is 4.10. The van der Waals surface area contributed by atoms with Gasteiger partial charge in [0.05, 0.1) is 6.04 Å². The summed E-state index contributed by atoms with van der Waals surface area (Å²) < 4.78 is 0. The highest BCUT2D eigenvalue weighted by Crippen LogP contribution is 2.22. The van der Waals surface area contributed by atoms with Gasteiger partial charge in [-0.15, -0.1) is 0 Å².